The Balaban J connectivity index is 0.00000342. The maximum atomic E-state index is 13.9. The normalized spacial score (nSPS) is 19.0. The Morgan fingerprint density at radius 3 is 2.68 bits per heavy atom. The van der Waals surface area contributed by atoms with Crippen LogP contribution in [0.15, 0.2) is 36.4 Å². The molecule has 0 unspecified atom stereocenters. The number of aliphatic hydroxyl groups excluding tert-OH is 1. The summed E-state index contributed by atoms with van der Waals surface area (Å²) in [6.07, 6.45) is 1.67. The van der Waals surface area contributed by atoms with Crippen LogP contribution in [0, 0.1) is 5.82 Å². The van der Waals surface area contributed by atoms with Crippen molar-refractivity contribution in [2.75, 3.05) is 33.4 Å². The van der Waals surface area contributed by atoms with Crippen LogP contribution in [0.3, 0.4) is 0 Å². The highest BCUT2D eigenvalue weighted by Gasteiger charge is 2.45. The van der Waals surface area contributed by atoms with Crippen LogP contribution in [0.1, 0.15) is 56.6 Å². The number of likely N-dealkylation sites (tertiary alicyclic amines) is 1. The third-order valence-corrected chi connectivity index (χ3v) is 6.36. The maximum absolute atomic E-state index is 13.9. The number of hydrogen-bond acceptors (Lipinski definition) is 6. The van der Waals surface area contributed by atoms with Crippen LogP contribution < -0.4 is 14.2 Å². The lowest BCUT2D eigenvalue weighted by Crippen LogP contribution is -2.52. The molecular formula is C26H34FNO6. The number of hydrogen-bond donors (Lipinski definition) is 1. The van der Waals surface area contributed by atoms with Crippen molar-refractivity contribution in [3.63, 3.8) is 0 Å². The van der Waals surface area contributed by atoms with Gasteiger partial charge in [0.15, 0.2) is 11.5 Å². The van der Waals surface area contributed by atoms with E-state index >= 15 is 0 Å². The highest BCUT2D eigenvalue weighted by atomic mass is 19.1. The summed E-state index contributed by atoms with van der Waals surface area (Å²) in [6.45, 7) is 5.05. The minimum absolute atomic E-state index is 0. The SMILES string of the molecule is COc1cc(C(=O)N2CCC3(CC2)C[C@@H](OC(C)C)c2cc(F)ccc2O3)ccc1OCCO.[HH]. The molecule has 1 amide bonds. The minimum atomic E-state index is -0.457. The Morgan fingerprint density at radius 1 is 1.24 bits per heavy atom. The number of aliphatic hydroxyl groups is 1. The molecule has 0 aromatic heterocycles. The van der Waals surface area contributed by atoms with E-state index in [4.69, 9.17) is 24.1 Å². The number of amides is 1. The topological polar surface area (TPSA) is 77.5 Å². The first-order chi connectivity index (χ1) is 16.3. The first-order valence-corrected chi connectivity index (χ1v) is 11.7. The van der Waals surface area contributed by atoms with Crippen molar-refractivity contribution >= 4 is 5.91 Å². The van der Waals surface area contributed by atoms with Gasteiger partial charge in [-0.1, -0.05) is 0 Å². The summed E-state index contributed by atoms with van der Waals surface area (Å²) in [5.41, 5.74) is 0.796. The molecule has 0 radical (unpaired) electrons. The maximum Gasteiger partial charge on any atom is 0.253 e. The third-order valence-electron chi connectivity index (χ3n) is 6.36. The van der Waals surface area contributed by atoms with Crippen molar-refractivity contribution in [2.45, 2.75) is 50.9 Å². The summed E-state index contributed by atoms with van der Waals surface area (Å²) in [5.74, 6) is 1.18. The number of ether oxygens (including phenoxy) is 4. The number of nitrogens with zero attached hydrogens (tertiary/aromatic N) is 1. The zero-order chi connectivity index (χ0) is 24.3. The summed E-state index contributed by atoms with van der Waals surface area (Å²) in [5, 5.41) is 8.97. The number of carbonyl (C=O) groups is 1. The molecular weight excluding hydrogens is 441 g/mol. The molecule has 2 heterocycles. The fourth-order valence-corrected chi connectivity index (χ4v) is 4.72. The van der Waals surface area contributed by atoms with Gasteiger partial charge in [0.1, 0.15) is 23.8 Å². The number of methoxy groups -OCH3 is 1. The van der Waals surface area contributed by atoms with E-state index in [1.807, 2.05) is 18.7 Å². The minimum Gasteiger partial charge on any atom is -0.493 e. The fourth-order valence-electron chi connectivity index (χ4n) is 4.72. The van der Waals surface area contributed by atoms with Crippen LogP contribution in [0.4, 0.5) is 4.39 Å². The molecule has 2 aliphatic rings. The molecule has 2 aliphatic heterocycles. The van der Waals surface area contributed by atoms with Gasteiger partial charge in [0.05, 0.1) is 25.9 Å². The van der Waals surface area contributed by atoms with Gasteiger partial charge in [-0.15, -0.1) is 0 Å². The van der Waals surface area contributed by atoms with E-state index in [9.17, 15) is 9.18 Å². The van der Waals surface area contributed by atoms with Crippen molar-refractivity contribution in [3.05, 3.63) is 53.3 Å². The lowest BCUT2D eigenvalue weighted by Gasteiger charge is -2.47. The summed E-state index contributed by atoms with van der Waals surface area (Å²) in [4.78, 5) is 15.0. The van der Waals surface area contributed by atoms with E-state index in [-0.39, 0.29) is 38.6 Å². The summed E-state index contributed by atoms with van der Waals surface area (Å²) >= 11 is 0. The van der Waals surface area contributed by atoms with Gasteiger partial charge in [0.25, 0.3) is 5.91 Å². The van der Waals surface area contributed by atoms with E-state index < -0.39 is 5.60 Å². The highest BCUT2D eigenvalue weighted by Crippen LogP contribution is 2.46. The number of halogens is 1. The molecule has 0 bridgehead atoms. The van der Waals surface area contributed by atoms with Crippen LogP contribution in [0.5, 0.6) is 17.2 Å². The first kappa shape index (κ1) is 24.3. The monoisotopic (exact) mass is 475 g/mol. The summed E-state index contributed by atoms with van der Waals surface area (Å²) in [7, 11) is 1.51. The Bertz CT molecular complexity index is 1020. The lowest BCUT2D eigenvalue weighted by atomic mass is 9.81. The van der Waals surface area contributed by atoms with Gasteiger partial charge < -0.3 is 29.0 Å². The molecule has 8 heteroatoms. The van der Waals surface area contributed by atoms with Gasteiger partial charge in [0.2, 0.25) is 0 Å². The average Bonchev–Trinajstić information content (AvgIpc) is 2.83. The van der Waals surface area contributed by atoms with Crippen molar-refractivity contribution in [1.29, 1.82) is 0 Å². The Morgan fingerprint density at radius 2 is 2.00 bits per heavy atom. The molecule has 1 atom stereocenters. The molecule has 4 rings (SSSR count). The van der Waals surface area contributed by atoms with E-state index in [0.29, 0.717) is 55.2 Å². The zero-order valence-electron chi connectivity index (χ0n) is 19.9. The van der Waals surface area contributed by atoms with Crippen molar-refractivity contribution in [3.8, 4) is 17.2 Å². The predicted octanol–water partition coefficient (Wildman–Crippen LogP) is 4.38. The molecule has 2 aromatic carbocycles. The summed E-state index contributed by atoms with van der Waals surface area (Å²) in [6, 6.07) is 9.62. The van der Waals surface area contributed by atoms with Gasteiger partial charge >= 0.3 is 0 Å². The fraction of sp³-hybridized carbons (Fsp3) is 0.500. The van der Waals surface area contributed by atoms with Crippen LogP contribution in [-0.2, 0) is 4.74 Å². The smallest absolute Gasteiger partial charge is 0.253 e. The van der Waals surface area contributed by atoms with Gasteiger partial charge in [-0.2, -0.15) is 0 Å². The molecule has 1 N–H and O–H groups in total. The molecule has 186 valence electrons. The molecule has 2 aromatic rings. The molecule has 7 nitrogen and oxygen atoms in total. The molecule has 0 aliphatic carbocycles. The molecule has 1 saturated heterocycles. The van der Waals surface area contributed by atoms with Crippen molar-refractivity contribution in [1.82, 2.24) is 4.90 Å². The van der Waals surface area contributed by atoms with Crippen molar-refractivity contribution < 1.29 is 34.7 Å². The van der Waals surface area contributed by atoms with Crippen LogP contribution in [0.2, 0.25) is 0 Å². The largest absolute Gasteiger partial charge is 0.493 e. The molecule has 0 saturated carbocycles. The third kappa shape index (κ3) is 5.13. The standard InChI is InChI=1S/C26H32FNO6.H2/c1-17(2)33-24-16-26(34-21-7-5-19(27)15-20(21)24)8-10-28(11-9-26)25(30)18-4-6-22(32-13-12-29)23(14-18)31-3;/h4-7,14-15,17,24,29H,8-13,16H2,1-3H3;1H/t24-;/m1./s1. The van der Waals surface area contributed by atoms with E-state index in [1.165, 1.54) is 19.2 Å². The van der Waals surface area contributed by atoms with Crippen molar-refractivity contribution in [2.24, 2.45) is 0 Å². The van der Waals surface area contributed by atoms with Crippen LogP contribution >= 0.6 is 0 Å². The van der Waals surface area contributed by atoms with E-state index in [2.05, 4.69) is 0 Å². The van der Waals surface area contributed by atoms with Crippen LogP contribution in [-0.4, -0.2) is 61.0 Å². The summed E-state index contributed by atoms with van der Waals surface area (Å²) < 4.78 is 37.3. The van der Waals surface area contributed by atoms with Crippen LogP contribution in [0.25, 0.3) is 0 Å². The predicted molar refractivity (Wildman–Crippen MR) is 126 cm³/mol. The zero-order valence-corrected chi connectivity index (χ0v) is 19.9. The van der Waals surface area contributed by atoms with Gasteiger partial charge in [-0.05, 0) is 50.2 Å². The number of piperidine rings is 1. The van der Waals surface area contributed by atoms with Gasteiger partial charge in [0, 0.05) is 44.9 Å². The molecule has 34 heavy (non-hydrogen) atoms. The number of benzene rings is 2. The van der Waals surface area contributed by atoms with Gasteiger partial charge in [-0.25, -0.2) is 4.39 Å². The Kier molecular flexibility index (Phi) is 7.28. The molecule has 1 spiro atoms. The lowest BCUT2D eigenvalue weighted by molar-refractivity contribution is -0.0873. The number of rotatable bonds is 7. The average molecular weight is 476 g/mol. The second kappa shape index (κ2) is 10.2. The first-order valence-electron chi connectivity index (χ1n) is 11.7. The highest BCUT2D eigenvalue weighted by molar-refractivity contribution is 5.95. The second-order valence-electron chi connectivity index (χ2n) is 9.07. The number of carbonyl (C=O) groups excluding carboxylic acids is 1. The Hall–Kier alpha value is -2.84. The molecule has 1 fully saturated rings. The van der Waals surface area contributed by atoms with Gasteiger partial charge in [-0.3, -0.25) is 4.79 Å². The van der Waals surface area contributed by atoms with E-state index in [1.54, 1.807) is 24.3 Å². The van der Waals surface area contributed by atoms with E-state index in [0.717, 1.165) is 5.56 Å². The quantitative estimate of drug-likeness (QED) is 0.641. The Labute approximate surface area is 200 Å². The second-order valence-corrected chi connectivity index (χ2v) is 9.07. The number of fused-ring (bicyclic) bond motifs is 1.